The van der Waals surface area contributed by atoms with Crippen LogP contribution in [0.15, 0.2) is 52.2 Å². The van der Waals surface area contributed by atoms with Gasteiger partial charge in [-0.15, -0.1) is 11.6 Å². The number of nitrogens with zero attached hydrogens (tertiary/aromatic N) is 1. The fraction of sp³-hybridized carbons (Fsp3) is 0.476. The van der Waals surface area contributed by atoms with E-state index in [1.165, 1.54) is 16.8 Å². The minimum absolute atomic E-state index is 0.0995. The van der Waals surface area contributed by atoms with Crippen LogP contribution < -0.4 is 20.9 Å². The Hall–Kier alpha value is -2.23. The van der Waals surface area contributed by atoms with E-state index in [2.05, 4.69) is 10.1 Å². The number of halogens is 1. The molecule has 1 aliphatic rings. The van der Waals surface area contributed by atoms with E-state index in [4.69, 9.17) is 30.1 Å². The van der Waals surface area contributed by atoms with Crippen LogP contribution in [0.3, 0.4) is 0 Å². The predicted octanol–water partition coefficient (Wildman–Crippen LogP) is 2.69. The Labute approximate surface area is 197 Å². The lowest BCUT2D eigenvalue weighted by Crippen LogP contribution is -2.46. The van der Waals surface area contributed by atoms with Crippen LogP contribution in [0, 0.1) is 0 Å². The first kappa shape index (κ1) is 25.4. The molecule has 1 aromatic carbocycles. The summed E-state index contributed by atoms with van der Waals surface area (Å²) in [4.78, 5) is 37.9. The Kier molecular flexibility index (Phi) is 8.67. The van der Waals surface area contributed by atoms with Gasteiger partial charge in [0.15, 0.2) is 6.23 Å². The highest BCUT2D eigenvalue weighted by Crippen LogP contribution is 2.40. The largest absolute Gasteiger partial charge is 0.465 e. The second kappa shape index (κ2) is 11.3. The van der Waals surface area contributed by atoms with Gasteiger partial charge in [0.25, 0.3) is 5.56 Å². The third-order valence-electron chi connectivity index (χ3n) is 4.72. The normalized spacial score (nSPS) is 21.5. The Morgan fingerprint density at radius 2 is 2.03 bits per heavy atom. The van der Waals surface area contributed by atoms with E-state index in [9.17, 15) is 14.4 Å². The number of hydrogen-bond acceptors (Lipinski definition) is 8. The molecule has 0 spiro atoms. The zero-order valence-electron chi connectivity index (χ0n) is 18.5. The molecule has 1 fully saturated rings. The molecule has 3 rings (SSSR count). The number of H-pyrrole nitrogens is 1. The first-order chi connectivity index (χ1) is 15.7. The topological polar surface area (TPSA) is 121 Å². The van der Waals surface area contributed by atoms with Crippen molar-refractivity contribution in [2.45, 2.75) is 50.4 Å². The van der Waals surface area contributed by atoms with Crippen molar-refractivity contribution in [2.24, 2.45) is 0 Å². The molecule has 4 unspecified atom stereocenters. The number of hydrogen-bond donors (Lipinski definition) is 2. The Morgan fingerprint density at radius 3 is 2.70 bits per heavy atom. The van der Waals surface area contributed by atoms with Gasteiger partial charge in [-0.1, -0.05) is 18.2 Å². The number of aromatic nitrogens is 2. The zero-order chi connectivity index (χ0) is 24.0. The van der Waals surface area contributed by atoms with Gasteiger partial charge in [0.05, 0.1) is 24.7 Å². The second-order valence-electron chi connectivity index (χ2n) is 7.83. The number of nitrogens with one attached hydrogen (secondary N) is 2. The van der Waals surface area contributed by atoms with Crippen molar-refractivity contribution in [3.8, 4) is 5.75 Å². The summed E-state index contributed by atoms with van der Waals surface area (Å²) in [6, 6.07) is 10.3. The van der Waals surface area contributed by atoms with Crippen LogP contribution in [-0.2, 0) is 18.8 Å². The molecule has 1 aliphatic heterocycles. The van der Waals surface area contributed by atoms with Crippen molar-refractivity contribution < 1.29 is 23.3 Å². The van der Waals surface area contributed by atoms with Gasteiger partial charge in [-0.25, -0.2) is 9.88 Å². The first-order valence-corrected chi connectivity index (χ1v) is 12.0. The summed E-state index contributed by atoms with van der Waals surface area (Å²) in [5.41, 5.74) is -2.17. The number of para-hydroxylation sites is 1. The van der Waals surface area contributed by atoms with Crippen molar-refractivity contribution in [1.82, 2.24) is 14.6 Å². The quantitative estimate of drug-likeness (QED) is 0.291. The number of carbonyl (C=O) groups is 1. The molecule has 2 aromatic rings. The number of aromatic amines is 1. The molecule has 0 aliphatic carbocycles. The van der Waals surface area contributed by atoms with Crippen LogP contribution in [0.25, 0.3) is 0 Å². The number of rotatable bonds is 10. The molecular formula is C21H27ClN3O7P. The van der Waals surface area contributed by atoms with Gasteiger partial charge in [0.2, 0.25) is 0 Å². The molecule has 33 heavy (non-hydrogen) atoms. The van der Waals surface area contributed by atoms with Gasteiger partial charge in [0.1, 0.15) is 11.3 Å². The second-order valence-corrected chi connectivity index (χ2v) is 9.57. The van der Waals surface area contributed by atoms with Gasteiger partial charge in [0, 0.05) is 12.3 Å². The van der Waals surface area contributed by atoms with Gasteiger partial charge >= 0.3 is 20.2 Å². The predicted molar refractivity (Wildman–Crippen MR) is 123 cm³/mol. The van der Waals surface area contributed by atoms with E-state index in [0.717, 1.165) is 0 Å². The third kappa shape index (κ3) is 6.88. The maximum Gasteiger partial charge on any atom is 0.330 e. The lowest BCUT2D eigenvalue weighted by molar-refractivity contribution is -0.149. The van der Waals surface area contributed by atoms with E-state index in [1.807, 2.05) is 18.2 Å². The average Bonchev–Trinajstić information content (AvgIpc) is 3.13. The molecule has 1 aromatic heterocycles. The standard InChI is InChI=1S/C21H27ClN3O7P/c1-4-29-19(27)21(2,3)24-33(32-14-8-6-5-7-9-14)30-13-15-12-16(22)18(31-15)25-11-10-17(26)23-20(25)28/h5-11,15-16,18,24H,4,12-13H2,1-3H3,(H,23,26,28). The SMILES string of the molecule is CCOC(=O)C(C)(C)NP(OCC1CC(Cl)C(n2ccc(=O)[nH]c2=O)O1)Oc1ccccc1. The van der Waals surface area contributed by atoms with Crippen molar-refractivity contribution in [3.63, 3.8) is 0 Å². The molecule has 1 saturated heterocycles. The maximum atomic E-state index is 12.3. The first-order valence-electron chi connectivity index (χ1n) is 10.4. The Balaban J connectivity index is 1.67. The summed E-state index contributed by atoms with van der Waals surface area (Å²) >= 11 is 6.41. The smallest absolute Gasteiger partial charge is 0.330 e. The molecule has 0 amide bonds. The molecular weight excluding hydrogens is 473 g/mol. The van der Waals surface area contributed by atoms with Crippen LogP contribution in [0.2, 0.25) is 0 Å². The van der Waals surface area contributed by atoms with E-state index in [1.54, 1.807) is 32.9 Å². The summed E-state index contributed by atoms with van der Waals surface area (Å²) < 4.78 is 24.2. The highest BCUT2D eigenvalue weighted by Gasteiger charge is 2.38. The van der Waals surface area contributed by atoms with Crippen molar-refractivity contribution in [1.29, 1.82) is 0 Å². The highest BCUT2D eigenvalue weighted by atomic mass is 35.5. The molecule has 4 atom stereocenters. The van der Waals surface area contributed by atoms with E-state index in [-0.39, 0.29) is 13.2 Å². The number of esters is 1. The Morgan fingerprint density at radius 1 is 1.30 bits per heavy atom. The summed E-state index contributed by atoms with van der Waals surface area (Å²) in [6.45, 7) is 5.44. The van der Waals surface area contributed by atoms with Crippen molar-refractivity contribution in [3.05, 3.63) is 63.4 Å². The van der Waals surface area contributed by atoms with E-state index < -0.39 is 49.0 Å². The molecule has 0 bridgehead atoms. The summed E-state index contributed by atoms with van der Waals surface area (Å²) in [6.07, 6.45) is 0.565. The molecule has 2 N–H and O–H groups in total. The number of alkyl halides is 1. The Bertz CT molecular complexity index is 1050. The van der Waals surface area contributed by atoms with E-state index in [0.29, 0.717) is 12.2 Å². The zero-order valence-corrected chi connectivity index (χ0v) is 20.2. The lowest BCUT2D eigenvalue weighted by atomic mass is 10.1. The van der Waals surface area contributed by atoms with E-state index >= 15 is 0 Å². The van der Waals surface area contributed by atoms with Gasteiger partial charge in [-0.05, 0) is 39.3 Å². The molecule has 2 heterocycles. The molecule has 10 nitrogen and oxygen atoms in total. The highest BCUT2D eigenvalue weighted by molar-refractivity contribution is 7.45. The van der Waals surface area contributed by atoms with Crippen LogP contribution >= 0.6 is 20.1 Å². The number of benzene rings is 1. The van der Waals surface area contributed by atoms with Crippen LogP contribution in [0.4, 0.5) is 0 Å². The number of carbonyl (C=O) groups excluding carboxylic acids is 1. The average molecular weight is 500 g/mol. The van der Waals surface area contributed by atoms with Crippen molar-refractivity contribution >= 4 is 26.1 Å². The minimum atomic E-state index is -1.77. The van der Waals surface area contributed by atoms with Gasteiger partial charge < -0.3 is 18.5 Å². The number of ether oxygens (including phenoxy) is 2. The van der Waals surface area contributed by atoms with Gasteiger partial charge in [-0.3, -0.25) is 19.1 Å². The summed E-state index contributed by atoms with van der Waals surface area (Å²) in [5.74, 6) is 0.129. The van der Waals surface area contributed by atoms with Crippen molar-refractivity contribution in [2.75, 3.05) is 13.2 Å². The molecule has 0 saturated carbocycles. The molecule has 0 radical (unpaired) electrons. The summed E-state index contributed by atoms with van der Waals surface area (Å²) in [5, 5.41) is 2.58. The molecule has 180 valence electrons. The fourth-order valence-electron chi connectivity index (χ4n) is 3.08. The van der Waals surface area contributed by atoms with Gasteiger partial charge in [-0.2, -0.15) is 0 Å². The minimum Gasteiger partial charge on any atom is -0.465 e. The third-order valence-corrected chi connectivity index (χ3v) is 6.62. The van der Waals surface area contributed by atoms with Crippen LogP contribution in [0.1, 0.15) is 33.4 Å². The monoisotopic (exact) mass is 499 g/mol. The summed E-state index contributed by atoms with van der Waals surface area (Å²) in [7, 11) is -1.77. The maximum absolute atomic E-state index is 12.3. The molecule has 12 heteroatoms. The van der Waals surface area contributed by atoms with Crippen LogP contribution in [-0.4, -0.2) is 45.8 Å². The fourth-order valence-corrected chi connectivity index (χ4v) is 4.78. The lowest BCUT2D eigenvalue weighted by Gasteiger charge is -2.29. The van der Waals surface area contributed by atoms with Crippen LogP contribution in [0.5, 0.6) is 5.75 Å².